The van der Waals surface area contributed by atoms with Gasteiger partial charge < -0.3 is 9.30 Å². The van der Waals surface area contributed by atoms with E-state index in [-0.39, 0.29) is 29.8 Å². The summed E-state index contributed by atoms with van der Waals surface area (Å²) in [6.45, 7) is 9.79. The first-order valence-corrected chi connectivity index (χ1v) is 22.0. The highest BCUT2D eigenvalue weighted by Crippen LogP contribution is 2.49. The largest absolute Gasteiger partial charge is 0.497 e. The van der Waals surface area contributed by atoms with Crippen molar-refractivity contribution < 1.29 is 27.2 Å². The quantitative estimate of drug-likeness (QED) is 0.134. The van der Waals surface area contributed by atoms with Crippen LogP contribution in [0.4, 0.5) is 0 Å². The van der Waals surface area contributed by atoms with Crippen molar-refractivity contribution in [1.29, 1.82) is 0 Å². The standard InChI is InChI=1S/C43H52N6O5S/c1-5-46-18-19-49(25-38(46)49)43(51)36-23-44-48(32-12-9-13-32)40(36)31-20-30-21-33(54-4)15-17-34(30)41-39(28-10-7-6-8-11-28)35-16-14-29(22-37(35)47(41)24-31)42(50)45-55(52,53)26-27(2)3/h14-17,20-23,27-28,32,38H,5-13,18-19,24-26H2,1-4H3/p+1. The van der Waals surface area contributed by atoms with Crippen LogP contribution in [0.15, 0.2) is 42.6 Å². The number of allylic oxidation sites excluding steroid dienone is 1. The van der Waals surface area contributed by atoms with Crippen LogP contribution in [0, 0.1) is 5.92 Å². The number of hydrogen-bond donors (Lipinski definition) is 1. The molecule has 5 aliphatic rings. The van der Waals surface area contributed by atoms with Crippen molar-refractivity contribution in [3.63, 3.8) is 0 Å². The number of rotatable bonds is 10. The molecule has 2 aromatic carbocycles. The SMILES string of the molecule is CCN1CC[N+]2(C(=O)c3cnn(C4CCC4)c3C3=Cc4cc(OC)ccc4-c4c(C5CCCCC5)c5ccc(C(=O)NS(=O)(=O)CC(C)C)cc5n4C3)CC12. The summed E-state index contributed by atoms with van der Waals surface area (Å²) >= 11 is 0. The molecule has 1 N–H and O–H groups in total. The number of carbonyl (C=O) groups excluding carboxylic acids is 2. The Hall–Kier alpha value is -4.26. The molecule has 2 saturated carbocycles. The molecular weight excluding hydrogens is 713 g/mol. The molecule has 2 aromatic heterocycles. The van der Waals surface area contributed by atoms with Crippen LogP contribution in [0.25, 0.3) is 33.8 Å². The molecule has 2 aliphatic carbocycles. The summed E-state index contributed by atoms with van der Waals surface area (Å²) in [5, 5.41) is 6.07. The van der Waals surface area contributed by atoms with Crippen LogP contribution >= 0.6 is 0 Å². The molecule has 3 aliphatic heterocycles. The average molecular weight is 766 g/mol. The van der Waals surface area contributed by atoms with Crippen LogP contribution in [0.3, 0.4) is 0 Å². The van der Waals surface area contributed by atoms with E-state index in [0.717, 1.165) is 116 Å². The fourth-order valence-electron chi connectivity index (χ4n) is 10.1. The summed E-state index contributed by atoms with van der Waals surface area (Å²) in [7, 11) is -2.12. The molecule has 4 aromatic rings. The Kier molecular flexibility index (Phi) is 9.09. The Labute approximate surface area is 324 Å². The number of ether oxygens (including phenoxy) is 1. The van der Waals surface area contributed by atoms with Gasteiger partial charge in [0.05, 0.1) is 49.6 Å². The summed E-state index contributed by atoms with van der Waals surface area (Å²) in [5.41, 5.74) is 8.23. The van der Waals surface area contributed by atoms with Crippen molar-refractivity contribution in [2.24, 2.45) is 5.92 Å². The molecule has 55 heavy (non-hydrogen) atoms. The summed E-state index contributed by atoms with van der Waals surface area (Å²) in [5.74, 6) is 0.361. The molecule has 2 atom stereocenters. The zero-order valence-corrected chi connectivity index (χ0v) is 33.3. The first-order valence-electron chi connectivity index (χ1n) is 20.4. The number of piperazine rings is 1. The second kappa shape index (κ2) is 13.7. The molecule has 2 unspecified atom stereocenters. The molecule has 290 valence electrons. The second-order valence-corrected chi connectivity index (χ2v) is 18.7. The number of sulfonamides is 1. The van der Waals surface area contributed by atoms with Gasteiger partial charge in [0.15, 0.2) is 6.54 Å². The van der Waals surface area contributed by atoms with Crippen LogP contribution < -0.4 is 9.46 Å². The van der Waals surface area contributed by atoms with Gasteiger partial charge in [-0.15, -0.1) is 0 Å². The van der Waals surface area contributed by atoms with E-state index in [1.807, 2.05) is 38.2 Å². The highest BCUT2D eigenvalue weighted by molar-refractivity contribution is 7.90. The summed E-state index contributed by atoms with van der Waals surface area (Å²) in [4.78, 5) is 30.9. The molecule has 12 heteroatoms. The zero-order chi connectivity index (χ0) is 38.2. The van der Waals surface area contributed by atoms with E-state index in [1.54, 1.807) is 13.2 Å². The molecular formula is C43H53N6O5S+. The van der Waals surface area contributed by atoms with Gasteiger partial charge in [0, 0.05) is 28.6 Å². The van der Waals surface area contributed by atoms with Gasteiger partial charge in [-0.3, -0.25) is 9.48 Å². The van der Waals surface area contributed by atoms with Gasteiger partial charge in [-0.25, -0.2) is 27.3 Å². The predicted molar refractivity (Wildman–Crippen MR) is 214 cm³/mol. The van der Waals surface area contributed by atoms with E-state index >= 15 is 0 Å². The predicted octanol–water partition coefficient (Wildman–Crippen LogP) is 7.19. The highest BCUT2D eigenvalue weighted by atomic mass is 32.2. The van der Waals surface area contributed by atoms with Gasteiger partial charge in [-0.05, 0) is 97.0 Å². The molecule has 5 heterocycles. The fraction of sp³-hybridized carbons (Fsp3) is 0.512. The first kappa shape index (κ1) is 36.4. The Morgan fingerprint density at radius 2 is 1.82 bits per heavy atom. The van der Waals surface area contributed by atoms with Crippen LogP contribution in [0.2, 0.25) is 0 Å². The fourth-order valence-corrected chi connectivity index (χ4v) is 11.4. The van der Waals surface area contributed by atoms with Crippen molar-refractivity contribution in [2.75, 3.05) is 39.0 Å². The van der Waals surface area contributed by atoms with Crippen LogP contribution in [-0.4, -0.2) is 89.2 Å². The van der Waals surface area contributed by atoms with Crippen LogP contribution in [0.1, 0.15) is 122 Å². The number of methoxy groups -OCH3 is 1. The van der Waals surface area contributed by atoms with Crippen molar-refractivity contribution in [3.8, 4) is 17.0 Å². The number of amides is 2. The van der Waals surface area contributed by atoms with Crippen molar-refractivity contribution >= 4 is 44.4 Å². The lowest BCUT2D eigenvalue weighted by atomic mass is 9.81. The van der Waals surface area contributed by atoms with Gasteiger partial charge in [-0.1, -0.05) is 46.1 Å². The van der Waals surface area contributed by atoms with Gasteiger partial charge in [0.1, 0.15) is 17.9 Å². The topological polar surface area (TPSA) is 116 Å². The summed E-state index contributed by atoms with van der Waals surface area (Å²) in [6, 6.07) is 12.1. The summed E-state index contributed by atoms with van der Waals surface area (Å²) in [6.07, 6.45) is 13.2. The number of nitrogens with one attached hydrogen (secondary N) is 1. The summed E-state index contributed by atoms with van der Waals surface area (Å²) < 4.78 is 38.9. The highest BCUT2D eigenvalue weighted by Gasteiger charge is 2.68. The minimum absolute atomic E-state index is 0.121. The third kappa shape index (κ3) is 6.15. The minimum atomic E-state index is -3.81. The molecule has 0 radical (unpaired) electrons. The number of quaternary nitrogens is 1. The third-order valence-corrected chi connectivity index (χ3v) is 14.6. The van der Waals surface area contributed by atoms with E-state index in [1.165, 1.54) is 12.0 Å². The maximum absolute atomic E-state index is 14.8. The molecule has 0 bridgehead atoms. The average Bonchev–Trinajstić information content (AvgIpc) is 3.42. The van der Waals surface area contributed by atoms with Gasteiger partial charge in [-0.2, -0.15) is 5.10 Å². The molecule has 0 spiro atoms. The lowest BCUT2D eigenvalue weighted by Crippen LogP contribution is -2.35. The maximum atomic E-state index is 14.8. The van der Waals surface area contributed by atoms with E-state index in [4.69, 9.17) is 9.84 Å². The number of hydrogen-bond acceptors (Lipinski definition) is 7. The van der Waals surface area contributed by atoms with Crippen molar-refractivity contribution in [1.82, 2.24) is 24.0 Å². The Morgan fingerprint density at radius 1 is 1.02 bits per heavy atom. The third-order valence-electron chi connectivity index (χ3n) is 13.0. The Bertz CT molecular complexity index is 2350. The normalized spacial score (nSPS) is 22.8. The van der Waals surface area contributed by atoms with Crippen LogP contribution in [0.5, 0.6) is 5.75 Å². The number of benzene rings is 2. The molecule has 2 saturated heterocycles. The lowest BCUT2D eigenvalue weighted by molar-refractivity contribution is -0.716. The number of carbonyl (C=O) groups is 2. The molecule has 11 nitrogen and oxygen atoms in total. The first-order chi connectivity index (χ1) is 26.5. The molecule has 9 rings (SSSR count). The number of likely N-dealkylation sites (N-methyl/N-ethyl adjacent to an activating group) is 1. The maximum Gasteiger partial charge on any atom is 0.351 e. The lowest BCUT2D eigenvalue weighted by Gasteiger charge is -2.28. The number of fused-ring (bicyclic) bond motifs is 6. The molecule has 2 amide bonds. The van der Waals surface area contributed by atoms with E-state index in [2.05, 4.69) is 44.0 Å². The van der Waals surface area contributed by atoms with E-state index < -0.39 is 15.9 Å². The van der Waals surface area contributed by atoms with E-state index in [9.17, 15) is 18.0 Å². The van der Waals surface area contributed by atoms with Gasteiger partial charge in [0.25, 0.3) is 5.91 Å². The Morgan fingerprint density at radius 3 is 2.49 bits per heavy atom. The molecule has 4 fully saturated rings. The van der Waals surface area contributed by atoms with Crippen molar-refractivity contribution in [3.05, 3.63) is 70.5 Å². The Balaban J connectivity index is 1.24. The monoisotopic (exact) mass is 765 g/mol. The number of aromatic nitrogens is 3. The van der Waals surface area contributed by atoms with E-state index in [0.29, 0.717) is 28.1 Å². The van der Waals surface area contributed by atoms with Gasteiger partial charge in [0.2, 0.25) is 16.2 Å². The minimum Gasteiger partial charge on any atom is -0.497 e. The van der Waals surface area contributed by atoms with Crippen molar-refractivity contribution in [2.45, 2.75) is 96.8 Å². The second-order valence-electron chi connectivity index (χ2n) is 16.9. The zero-order valence-electron chi connectivity index (χ0n) is 32.5. The smallest absolute Gasteiger partial charge is 0.351 e. The van der Waals surface area contributed by atoms with Gasteiger partial charge >= 0.3 is 5.91 Å². The van der Waals surface area contributed by atoms with Crippen LogP contribution in [-0.2, 0) is 16.6 Å². The number of nitrogens with zero attached hydrogens (tertiary/aromatic N) is 5.